The number of hydrogen-bond acceptors (Lipinski definition) is 7. The Balaban J connectivity index is 1.85. The fourth-order valence-corrected chi connectivity index (χ4v) is 2.53. The average molecular weight is 361 g/mol. The average Bonchev–Trinajstić information content (AvgIpc) is 2.96. The van der Waals surface area contributed by atoms with Crippen LogP contribution in [0.4, 0.5) is 11.8 Å². The van der Waals surface area contributed by atoms with Gasteiger partial charge in [-0.2, -0.15) is 4.98 Å². The first-order valence-electron chi connectivity index (χ1n) is 7.07. The van der Waals surface area contributed by atoms with Crippen LogP contribution < -0.4 is 10.5 Å². The van der Waals surface area contributed by atoms with Crippen molar-refractivity contribution < 1.29 is 13.2 Å². The van der Waals surface area contributed by atoms with Gasteiger partial charge in [0, 0.05) is 31.9 Å². The van der Waals surface area contributed by atoms with Crippen molar-refractivity contribution in [3.05, 3.63) is 36.3 Å². The predicted molar refractivity (Wildman–Crippen MR) is 90.8 cm³/mol. The number of carbonyl (C=O) groups excluding carboxylic acids is 1. The molecule has 0 saturated carbocycles. The van der Waals surface area contributed by atoms with Gasteiger partial charge in [-0.15, -0.1) is 0 Å². The van der Waals surface area contributed by atoms with Crippen LogP contribution in [0.5, 0.6) is 0 Å². The van der Waals surface area contributed by atoms with E-state index in [2.05, 4.69) is 25.3 Å². The largest absolute Gasteiger partial charge is 0.344 e. The lowest BCUT2D eigenvalue weighted by Gasteiger charge is -2.07. The van der Waals surface area contributed by atoms with Crippen molar-refractivity contribution in [1.82, 2.24) is 24.8 Å². The summed E-state index contributed by atoms with van der Waals surface area (Å²) in [7, 11) is -0.484. The predicted octanol–water partition coefficient (Wildman–Crippen LogP) is 0.446. The molecule has 0 radical (unpaired) electrons. The third-order valence-corrected chi connectivity index (χ3v) is 4.21. The molecule has 10 nitrogen and oxygen atoms in total. The number of nitrogens with one attached hydrogen (secondary N) is 2. The van der Waals surface area contributed by atoms with Crippen molar-refractivity contribution in [2.75, 3.05) is 19.4 Å². The Morgan fingerprint density at radius 3 is 2.60 bits per heavy atom. The molecule has 0 aromatic carbocycles. The van der Waals surface area contributed by atoms with Crippen molar-refractivity contribution in [2.24, 2.45) is 5.14 Å². The number of fused-ring (bicyclic) bond motifs is 1. The fourth-order valence-electron chi connectivity index (χ4n) is 2.07. The van der Waals surface area contributed by atoms with Gasteiger partial charge < -0.3 is 15.2 Å². The zero-order valence-corrected chi connectivity index (χ0v) is 14.2. The maximum atomic E-state index is 12.0. The van der Waals surface area contributed by atoms with Crippen molar-refractivity contribution in [1.29, 1.82) is 0 Å². The number of pyridine rings is 1. The van der Waals surface area contributed by atoms with Gasteiger partial charge in [-0.3, -0.25) is 4.79 Å². The molecular weight excluding hydrogens is 346 g/mol. The molecule has 3 heterocycles. The van der Waals surface area contributed by atoms with Crippen molar-refractivity contribution >= 4 is 38.7 Å². The molecule has 4 N–H and O–H groups in total. The Morgan fingerprint density at radius 1 is 1.24 bits per heavy atom. The molecule has 25 heavy (non-hydrogen) atoms. The number of nitrogens with two attached hydrogens (primary N) is 1. The summed E-state index contributed by atoms with van der Waals surface area (Å²) in [5.74, 6) is 0.421. The zero-order valence-electron chi connectivity index (χ0n) is 13.4. The van der Waals surface area contributed by atoms with E-state index in [-0.39, 0.29) is 16.8 Å². The summed E-state index contributed by atoms with van der Waals surface area (Å²) < 4.78 is 22.4. The molecule has 3 aromatic rings. The summed E-state index contributed by atoms with van der Waals surface area (Å²) in [5.41, 5.74) is 0.894. The molecule has 11 heteroatoms. The maximum Gasteiger partial charge on any atom is 0.269 e. The van der Waals surface area contributed by atoms with Gasteiger partial charge in [0.1, 0.15) is 22.1 Å². The van der Waals surface area contributed by atoms with Gasteiger partial charge in [0.05, 0.1) is 0 Å². The molecule has 0 aliphatic heterocycles. The first-order valence-corrected chi connectivity index (χ1v) is 8.62. The number of aromatic nitrogens is 4. The van der Waals surface area contributed by atoms with Crippen LogP contribution in [-0.4, -0.2) is 53.3 Å². The minimum Gasteiger partial charge on any atom is -0.344 e. The van der Waals surface area contributed by atoms with E-state index in [0.29, 0.717) is 22.5 Å². The van der Waals surface area contributed by atoms with E-state index in [1.807, 2.05) is 0 Å². The summed E-state index contributed by atoms with van der Waals surface area (Å²) in [6, 6.07) is 4.44. The monoisotopic (exact) mass is 361 g/mol. The van der Waals surface area contributed by atoms with E-state index in [4.69, 9.17) is 5.14 Å². The summed E-state index contributed by atoms with van der Waals surface area (Å²) in [5, 5.41) is 8.56. The summed E-state index contributed by atoms with van der Waals surface area (Å²) in [4.78, 5) is 28.6. The lowest BCUT2D eigenvalue weighted by Crippen LogP contribution is -2.21. The van der Waals surface area contributed by atoms with E-state index in [9.17, 15) is 13.2 Å². The normalized spacial score (nSPS) is 11.5. The summed E-state index contributed by atoms with van der Waals surface area (Å²) in [6.07, 6.45) is 2.70. The second kappa shape index (κ2) is 6.11. The van der Waals surface area contributed by atoms with Crippen LogP contribution in [0.3, 0.4) is 0 Å². The first-order chi connectivity index (χ1) is 11.7. The highest BCUT2D eigenvalue weighted by atomic mass is 32.2. The van der Waals surface area contributed by atoms with Crippen LogP contribution in [-0.2, 0) is 10.0 Å². The van der Waals surface area contributed by atoms with Crippen molar-refractivity contribution in [3.8, 4) is 0 Å². The number of hydrogen-bond donors (Lipinski definition) is 3. The van der Waals surface area contributed by atoms with Gasteiger partial charge in [0.15, 0.2) is 0 Å². The highest BCUT2D eigenvalue weighted by Gasteiger charge is 2.13. The number of sulfonamides is 1. The molecule has 0 unspecified atom stereocenters. The van der Waals surface area contributed by atoms with Crippen LogP contribution in [0.25, 0.3) is 11.0 Å². The van der Waals surface area contributed by atoms with Crippen LogP contribution in [0.2, 0.25) is 0 Å². The number of H-pyrrole nitrogens is 1. The minimum absolute atomic E-state index is 0.0920. The number of amides is 1. The van der Waals surface area contributed by atoms with Crippen LogP contribution in [0.15, 0.2) is 35.5 Å². The van der Waals surface area contributed by atoms with Gasteiger partial charge >= 0.3 is 0 Å². The molecule has 3 rings (SSSR count). The van der Waals surface area contributed by atoms with E-state index in [0.717, 1.165) is 6.20 Å². The van der Waals surface area contributed by atoms with Crippen LogP contribution in [0.1, 0.15) is 10.5 Å². The third kappa shape index (κ3) is 3.56. The van der Waals surface area contributed by atoms with Crippen LogP contribution in [0, 0.1) is 0 Å². The molecule has 0 spiro atoms. The number of aromatic amines is 1. The standard InChI is InChI=1S/C14H15N7O3S/c1-21(2)13(22)10-5-8-6-17-14(20-12(8)18-10)19-11-4-3-9(7-16-11)25(15,23)24/h3-7H,1-2H3,(H2,15,23,24)(H2,16,17,18,19,20). The van der Waals surface area contributed by atoms with Gasteiger partial charge in [0.25, 0.3) is 5.91 Å². The number of rotatable bonds is 4. The quantitative estimate of drug-likeness (QED) is 0.611. The maximum absolute atomic E-state index is 12.0. The Kier molecular flexibility index (Phi) is 4.10. The number of nitrogens with zero attached hydrogens (tertiary/aromatic N) is 4. The molecule has 0 bridgehead atoms. The SMILES string of the molecule is CN(C)C(=O)c1cc2cnc(Nc3ccc(S(N)(=O)=O)cn3)nc2[nH]1. The smallest absolute Gasteiger partial charge is 0.269 e. The molecule has 0 saturated heterocycles. The van der Waals surface area contributed by atoms with E-state index >= 15 is 0 Å². The Bertz CT molecular complexity index is 1040. The summed E-state index contributed by atoms with van der Waals surface area (Å²) in [6.45, 7) is 0. The topological polar surface area (TPSA) is 147 Å². The zero-order chi connectivity index (χ0) is 18.2. The number of primary sulfonamides is 1. The highest BCUT2D eigenvalue weighted by Crippen LogP contribution is 2.17. The van der Waals surface area contributed by atoms with Crippen molar-refractivity contribution in [2.45, 2.75) is 4.90 Å². The van der Waals surface area contributed by atoms with Gasteiger partial charge in [-0.25, -0.2) is 23.5 Å². The molecule has 0 aliphatic carbocycles. The second-order valence-electron chi connectivity index (χ2n) is 5.43. The first kappa shape index (κ1) is 16.8. The molecule has 1 amide bonds. The lowest BCUT2D eigenvalue weighted by atomic mass is 10.3. The second-order valence-corrected chi connectivity index (χ2v) is 6.99. The molecule has 130 valence electrons. The van der Waals surface area contributed by atoms with E-state index < -0.39 is 10.0 Å². The van der Waals surface area contributed by atoms with E-state index in [1.54, 1.807) is 26.4 Å². The fraction of sp³-hybridized carbons (Fsp3) is 0.143. The molecule has 3 aromatic heterocycles. The van der Waals surface area contributed by atoms with Crippen molar-refractivity contribution in [3.63, 3.8) is 0 Å². The third-order valence-electron chi connectivity index (χ3n) is 3.31. The molecule has 0 atom stereocenters. The van der Waals surface area contributed by atoms with E-state index in [1.165, 1.54) is 17.0 Å². The number of anilines is 2. The van der Waals surface area contributed by atoms with Crippen LogP contribution >= 0.6 is 0 Å². The Labute approximate surface area is 143 Å². The lowest BCUT2D eigenvalue weighted by molar-refractivity contribution is 0.0823. The Hall–Kier alpha value is -3.05. The minimum atomic E-state index is -3.80. The van der Waals surface area contributed by atoms with Gasteiger partial charge in [0.2, 0.25) is 16.0 Å². The molecule has 0 fully saturated rings. The number of carbonyl (C=O) groups is 1. The molecule has 0 aliphatic rings. The molecular formula is C14H15N7O3S. The highest BCUT2D eigenvalue weighted by molar-refractivity contribution is 7.89. The van der Waals surface area contributed by atoms with Gasteiger partial charge in [-0.05, 0) is 18.2 Å². The Morgan fingerprint density at radius 2 is 2.00 bits per heavy atom. The van der Waals surface area contributed by atoms with Gasteiger partial charge in [-0.1, -0.05) is 0 Å². The summed E-state index contributed by atoms with van der Waals surface area (Å²) >= 11 is 0.